The highest BCUT2D eigenvalue weighted by Crippen LogP contribution is 2.26. The van der Waals surface area contributed by atoms with Crippen molar-refractivity contribution in [3.63, 3.8) is 0 Å². The molecule has 1 aromatic heterocycles. The highest BCUT2D eigenvalue weighted by molar-refractivity contribution is 7.11. The second-order valence-electron chi connectivity index (χ2n) is 5.00. The second kappa shape index (κ2) is 5.66. The van der Waals surface area contributed by atoms with Crippen LogP contribution in [0.4, 0.5) is 0 Å². The van der Waals surface area contributed by atoms with Gasteiger partial charge in [0.15, 0.2) is 0 Å². The Kier molecular flexibility index (Phi) is 3.71. The molecule has 0 saturated carbocycles. The minimum Gasteiger partial charge on any atom is -0.481 e. The van der Waals surface area contributed by atoms with Crippen molar-refractivity contribution in [3.05, 3.63) is 63.6 Å². The van der Waals surface area contributed by atoms with Crippen LogP contribution in [0.3, 0.4) is 0 Å². The van der Waals surface area contributed by atoms with Crippen molar-refractivity contribution in [1.82, 2.24) is 4.98 Å². The standard InChI is InChI=1S/C17H15NO2S/c1-11-15(21-16(18-11)10-17(19)20)9-13-7-4-6-12-5-2-3-8-14(12)13/h2-8H,9-10H2,1H3,(H,19,20). The summed E-state index contributed by atoms with van der Waals surface area (Å²) in [6, 6.07) is 14.6. The summed E-state index contributed by atoms with van der Waals surface area (Å²) in [4.78, 5) is 16.3. The second-order valence-corrected chi connectivity index (χ2v) is 6.17. The molecular weight excluding hydrogens is 282 g/mol. The molecule has 3 nitrogen and oxygen atoms in total. The molecule has 0 aliphatic carbocycles. The molecule has 2 aromatic carbocycles. The maximum atomic E-state index is 10.8. The molecule has 0 atom stereocenters. The molecule has 21 heavy (non-hydrogen) atoms. The van der Waals surface area contributed by atoms with Gasteiger partial charge in [0.2, 0.25) is 0 Å². The number of hydrogen-bond donors (Lipinski definition) is 1. The van der Waals surface area contributed by atoms with Crippen LogP contribution >= 0.6 is 11.3 Å². The summed E-state index contributed by atoms with van der Waals surface area (Å²) in [5.74, 6) is -0.833. The number of aromatic nitrogens is 1. The highest BCUT2D eigenvalue weighted by Gasteiger charge is 2.12. The molecule has 3 rings (SSSR count). The maximum absolute atomic E-state index is 10.8. The fourth-order valence-electron chi connectivity index (χ4n) is 2.48. The van der Waals surface area contributed by atoms with Gasteiger partial charge in [-0.1, -0.05) is 42.5 Å². The fourth-order valence-corrected chi connectivity index (χ4v) is 3.56. The van der Waals surface area contributed by atoms with Crippen molar-refractivity contribution < 1.29 is 9.90 Å². The molecular formula is C17H15NO2S. The first kappa shape index (κ1) is 13.8. The van der Waals surface area contributed by atoms with E-state index in [1.54, 1.807) is 0 Å². The first-order chi connectivity index (χ1) is 10.1. The maximum Gasteiger partial charge on any atom is 0.310 e. The lowest BCUT2D eigenvalue weighted by molar-refractivity contribution is -0.136. The number of fused-ring (bicyclic) bond motifs is 1. The van der Waals surface area contributed by atoms with Gasteiger partial charge in [0.1, 0.15) is 5.01 Å². The summed E-state index contributed by atoms with van der Waals surface area (Å²) in [6.45, 7) is 1.95. The van der Waals surface area contributed by atoms with Gasteiger partial charge in [0.25, 0.3) is 0 Å². The van der Waals surface area contributed by atoms with Gasteiger partial charge in [-0.15, -0.1) is 11.3 Å². The van der Waals surface area contributed by atoms with Crippen molar-refractivity contribution in [1.29, 1.82) is 0 Å². The van der Waals surface area contributed by atoms with Gasteiger partial charge in [-0.2, -0.15) is 0 Å². The molecule has 0 fully saturated rings. The van der Waals surface area contributed by atoms with E-state index < -0.39 is 5.97 Å². The third-order valence-electron chi connectivity index (χ3n) is 3.47. The number of hydrogen-bond acceptors (Lipinski definition) is 3. The van der Waals surface area contributed by atoms with Gasteiger partial charge in [-0.3, -0.25) is 4.79 Å². The highest BCUT2D eigenvalue weighted by atomic mass is 32.1. The lowest BCUT2D eigenvalue weighted by Crippen LogP contribution is -1.98. The van der Waals surface area contributed by atoms with Gasteiger partial charge in [0.05, 0.1) is 12.1 Å². The van der Waals surface area contributed by atoms with E-state index in [1.807, 2.05) is 19.1 Å². The normalized spacial score (nSPS) is 10.9. The summed E-state index contributed by atoms with van der Waals surface area (Å²) in [7, 11) is 0. The Morgan fingerprint density at radius 2 is 1.95 bits per heavy atom. The Balaban J connectivity index is 1.95. The number of aliphatic carboxylic acids is 1. The van der Waals surface area contributed by atoms with Crippen LogP contribution in [0, 0.1) is 6.92 Å². The summed E-state index contributed by atoms with van der Waals surface area (Å²) >= 11 is 1.50. The number of rotatable bonds is 4. The van der Waals surface area contributed by atoms with E-state index >= 15 is 0 Å². The molecule has 0 radical (unpaired) electrons. The smallest absolute Gasteiger partial charge is 0.310 e. The molecule has 106 valence electrons. The molecule has 0 aliphatic rings. The van der Waals surface area contributed by atoms with Crippen LogP contribution in [0.1, 0.15) is 21.1 Å². The van der Waals surface area contributed by atoms with E-state index in [2.05, 4.69) is 35.3 Å². The summed E-state index contributed by atoms with van der Waals surface area (Å²) < 4.78 is 0. The van der Waals surface area contributed by atoms with E-state index in [-0.39, 0.29) is 6.42 Å². The molecule has 0 spiro atoms. The lowest BCUT2D eigenvalue weighted by Gasteiger charge is -2.05. The number of benzene rings is 2. The third kappa shape index (κ3) is 2.95. The van der Waals surface area contributed by atoms with Crippen LogP contribution in [0.5, 0.6) is 0 Å². The molecule has 3 aromatic rings. The molecule has 0 bridgehead atoms. The molecule has 0 amide bonds. The molecule has 0 unspecified atom stereocenters. The number of thiazole rings is 1. The summed E-state index contributed by atoms with van der Waals surface area (Å²) in [5, 5.41) is 12.0. The van der Waals surface area contributed by atoms with Crippen molar-refractivity contribution in [2.45, 2.75) is 19.8 Å². The van der Waals surface area contributed by atoms with Crippen molar-refractivity contribution in [3.8, 4) is 0 Å². The predicted molar refractivity (Wildman–Crippen MR) is 84.9 cm³/mol. The van der Waals surface area contributed by atoms with Crippen LogP contribution in [-0.2, 0) is 17.6 Å². The molecule has 1 N–H and O–H groups in total. The Morgan fingerprint density at radius 1 is 1.19 bits per heavy atom. The predicted octanol–water partition coefficient (Wildman–Crippen LogP) is 3.82. The Labute approximate surface area is 126 Å². The first-order valence-electron chi connectivity index (χ1n) is 6.77. The van der Waals surface area contributed by atoms with Gasteiger partial charge in [-0.25, -0.2) is 4.98 Å². The van der Waals surface area contributed by atoms with Gasteiger partial charge in [0, 0.05) is 11.3 Å². The average molecular weight is 297 g/mol. The van der Waals surface area contributed by atoms with Crippen LogP contribution in [0.15, 0.2) is 42.5 Å². The zero-order valence-electron chi connectivity index (χ0n) is 11.7. The fraction of sp³-hybridized carbons (Fsp3) is 0.176. The lowest BCUT2D eigenvalue weighted by atomic mass is 10.0. The van der Waals surface area contributed by atoms with Crippen molar-refractivity contribution in [2.24, 2.45) is 0 Å². The minimum atomic E-state index is -0.833. The Hall–Kier alpha value is -2.20. The van der Waals surface area contributed by atoms with Crippen LogP contribution in [-0.4, -0.2) is 16.1 Å². The number of aryl methyl sites for hydroxylation is 1. The SMILES string of the molecule is Cc1nc(CC(=O)O)sc1Cc1cccc2ccccc12. The first-order valence-corrected chi connectivity index (χ1v) is 7.59. The molecule has 0 saturated heterocycles. The topological polar surface area (TPSA) is 50.2 Å². The summed E-state index contributed by atoms with van der Waals surface area (Å²) in [5.41, 5.74) is 2.19. The zero-order valence-corrected chi connectivity index (χ0v) is 12.5. The molecule has 0 aliphatic heterocycles. The number of carboxylic acids is 1. The molecule has 1 heterocycles. The Bertz CT molecular complexity index is 802. The number of nitrogens with zero attached hydrogens (tertiary/aromatic N) is 1. The largest absolute Gasteiger partial charge is 0.481 e. The van der Waals surface area contributed by atoms with E-state index in [0.29, 0.717) is 5.01 Å². The van der Waals surface area contributed by atoms with E-state index in [0.717, 1.165) is 17.0 Å². The average Bonchev–Trinajstić information content (AvgIpc) is 2.78. The Morgan fingerprint density at radius 3 is 2.76 bits per heavy atom. The summed E-state index contributed by atoms with van der Waals surface area (Å²) in [6.07, 6.45) is 0.797. The zero-order chi connectivity index (χ0) is 14.8. The number of carboxylic acid groups (broad SMARTS) is 1. The van der Waals surface area contributed by atoms with Gasteiger partial charge >= 0.3 is 5.97 Å². The van der Waals surface area contributed by atoms with E-state index in [1.165, 1.54) is 27.7 Å². The monoisotopic (exact) mass is 297 g/mol. The van der Waals surface area contributed by atoms with E-state index in [4.69, 9.17) is 5.11 Å². The van der Waals surface area contributed by atoms with Crippen molar-refractivity contribution in [2.75, 3.05) is 0 Å². The minimum absolute atomic E-state index is 0.00104. The van der Waals surface area contributed by atoms with Crippen molar-refractivity contribution >= 4 is 28.1 Å². The van der Waals surface area contributed by atoms with Gasteiger partial charge < -0.3 is 5.11 Å². The third-order valence-corrected chi connectivity index (χ3v) is 4.63. The molecule has 4 heteroatoms. The number of carbonyl (C=O) groups is 1. The van der Waals surface area contributed by atoms with E-state index in [9.17, 15) is 4.79 Å². The van der Waals surface area contributed by atoms with Crippen LogP contribution in [0.25, 0.3) is 10.8 Å². The van der Waals surface area contributed by atoms with Gasteiger partial charge in [-0.05, 0) is 23.3 Å². The van der Waals surface area contributed by atoms with Crippen LogP contribution < -0.4 is 0 Å². The van der Waals surface area contributed by atoms with Crippen LogP contribution in [0.2, 0.25) is 0 Å². The quantitative estimate of drug-likeness (QED) is 0.796.